The smallest absolute Gasteiger partial charge is 0.238 e. The lowest BCUT2D eigenvalue weighted by Gasteiger charge is -2.40. The van der Waals surface area contributed by atoms with Crippen molar-refractivity contribution in [3.8, 4) is 0 Å². The van der Waals surface area contributed by atoms with Gasteiger partial charge in [0, 0.05) is 22.4 Å². The van der Waals surface area contributed by atoms with Gasteiger partial charge in [0.15, 0.2) is 0 Å². The van der Waals surface area contributed by atoms with Crippen LogP contribution in [-0.2, 0) is 11.3 Å². The van der Waals surface area contributed by atoms with Crippen LogP contribution >= 0.6 is 11.8 Å². The zero-order chi connectivity index (χ0) is 20.0. The molecule has 144 valence electrons. The van der Waals surface area contributed by atoms with Crippen molar-refractivity contribution in [2.75, 3.05) is 10.7 Å². The minimum Gasteiger partial charge on any atom is -0.307 e. The van der Waals surface area contributed by atoms with E-state index >= 15 is 0 Å². The maximum Gasteiger partial charge on any atom is 0.238 e. The van der Waals surface area contributed by atoms with Gasteiger partial charge in [0.2, 0.25) is 5.91 Å². The Hall–Kier alpha value is -2.85. The van der Waals surface area contributed by atoms with Gasteiger partial charge in [-0.25, -0.2) is 0 Å². The lowest BCUT2D eigenvalue weighted by atomic mass is 9.74. The summed E-state index contributed by atoms with van der Waals surface area (Å²) < 4.78 is 0. The zero-order valence-electron chi connectivity index (χ0n) is 16.6. The number of hydrogen-bond acceptors (Lipinski definition) is 3. The Labute approximate surface area is 175 Å². The average Bonchev–Trinajstić information content (AvgIpc) is 3.12. The predicted octanol–water partition coefficient (Wildman–Crippen LogP) is 5.56. The van der Waals surface area contributed by atoms with Gasteiger partial charge in [0.25, 0.3) is 0 Å². The standard InChI is InChI=1S/C25H22N2OS/c1-17-10-12-18(13-11-17)15-27-21-9-4-3-7-19(21)22-23(20-8-5-6-14-26-20)29-16-25(22,2)24(27)28/h3-14H,15-16H2,1-2H3. The molecule has 4 heteroatoms. The van der Waals surface area contributed by atoms with Crippen LogP contribution in [0.2, 0.25) is 0 Å². The number of para-hydroxylation sites is 1. The Morgan fingerprint density at radius 2 is 1.79 bits per heavy atom. The second kappa shape index (κ2) is 6.89. The number of carbonyl (C=O) groups is 1. The number of anilines is 1. The van der Waals surface area contributed by atoms with Crippen molar-refractivity contribution in [1.29, 1.82) is 0 Å². The Kier molecular flexibility index (Phi) is 4.32. The molecule has 29 heavy (non-hydrogen) atoms. The Morgan fingerprint density at radius 1 is 1.03 bits per heavy atom. The number of pyridine rings is 1. The van der Waals surface area contributed by atoms with E-state index in [1.165, 1.54) is 5.56 Å². The highest BCUT2D eigenvalue weighted by molar-refractivity contribution is 8.09. The summed E-state index contributed by atoms with van der Waals surface area (Å²) in [7, 11) is 0. The quantitative estimate of drug-likeness (QED) is 0.579. The third-order valence-electron chi connectivity index (χ3n) is 5.82. The van der Waals surface area contributed by atoms with Crippen LogP contribution in [0.4, 0.5) is 5.69 Å². The first-order chi connectivity index (χ1) is 14.1. The molecule has 3 heterocycles. The maximum atomic E-state index is 13.8. The van der Waals surface area contributed by atoms with Crippen molar-refractivity contribution >= 4 is 33.8 Å². The van der Waals surface area contributed by atoms with E-state index in [4.69, 9.17) is 0 Å². The molecule has 0 radical (unpaired) electrons. The topological polar surface area (TPSA) is 33.2 Å². The van der Waals surface area contributed by atoms with Gasteiger partial charge in [-0.2, -0.15) is 0 Å². The summed E-state index contributed by atoms with van der Waals surface area (Å²) in [6, 6.07) is 22.7. The molecule has 1 amide bonds. The third-order valence-corrected chi connectivity index (χ3v) is 7.25. The van der Waals surface area contributed by atoms with Gasteiger partial charge in [-0.1, -0.05) is 54.1 Å². The van der Waals surface area contributed by atoms with E-state index in [1.807, 2.05) is 35.4 Å². The highest BCUT2D eigenvalue weighted by atomic mass is 32.2. The van der Waals surface area contributed by atoms with E-state index in [0.29, 0.717) is 6.54 Å². The molecule has 0 aliphatic carbocycles. The lowest BCUT2D eigenvalue weighted by molar-refractivity contribution is -0.124. The number of nitrogens with zero attached hydrogens (tertiary/aromatic N) is 2. The highest BCUT2D eigenvalue weighted by Gasteiger charge is 2.51. The number of benzene rings is 2. The summed E-state index contributed by atoms with van der Waals surface area (Å²) in [6.07, 6.45) is 1.82. The summed E-state index contributed by atoms with van der Waals surface area (Å²) >= 11 is 1.75. The van der Waals surface area contributed by atoms with E-state index < -0.39 is 5.41 Å². The van der Waals surface area contributed by atoms with Gasteiger partial charge in [0.05, 0.1) is 23.3 Å². The van der Waals surface area contributed by atoms with Crippen LogP contribution in [0.5, 0.6) is 0 Å². The summed E-state index contributed by atoms with van der Waals surface area (Å²) in [5.74, 6) is 0.913. The van der Waals surface area contributed by atoms with Crippen molar-refractivity contribution in [3.05, 3.63) is 95.3 Å². The molecular formula is C25H22N2OS. The zero-order valence-corrected chi connectivity index (χ0v) is 17.4. The van der Waals surface area contributed by atoms with Gasteiger partial charge in [-0.05, 0) is 43.2 Å². The van der Waals surface area contributed by atoms with E-state index in [-0.39, 0.29) is 5.91 Å². The molecule has 3 nitrogen and oxygen atoms in total. The van der Waals surface area contributed by atoms with Crippen molar-refractivity contribution in [3.63, 3.8) is 0 Å². The first kappa shape index (κ1) is 18.2. The van der Waals surface area contributed by atoms with Gasteiger partial charge in [0.1, 0.15) is 0 Å². The largest absolute Gasteiger partial charge is 0.307 e. The molecule has 2 aliphatic rings. The molecule has 1 atom stereocenters. The minimum atomic E-state index is -0.545. The number of thioether (sulfide) groups is 1. The van der Waals surface area contributed by atoms with Crippen molar-refractivity contribution in [2.24, 2.45) is 5.41 Å². The minimum absolute atomic E-state index is 0.171. The van der Waals surface area contributed by atoms with Crippen LogP contribution in [0.25, 0.3) is 10.5 Å². The molecule has 1 aromatic heterocycles. The van der Waals surface area contributed by atoms with Gasteiger partial charge >= 0.3 is 0 Å². The number of amides is 1. The predicted molar refractivity (Wildman–Crippen MR) is 120 cm³/mol. The molecule has 0 saturated carbocycles. The highest BCUT2D eigenvalue weighted by Crippen LogP contribution is 2.58. The Balaban J connectivity index is 1.67. The van der Waals surface area contributed by atoms with E-state index in [2.05, 4.69) is 61.3 Å². The number of carbonyl (C=O) groups excluding carboxylic acids is 1. The molecule has 0 saturated heterocycles. The van der Waals surface area contributed by atoms with Gasteiger partial charge in [-0.3, -0.25) is 9.78 Å². The monoisotopic (exact) mass is 398 g/mol. The summed E-state index contributed by atoms with van der Waals surface area (Å²) in [6.45, 7) is 4.76. The first-order valence-electron chi connectivity index (χ1n) is 9.84. The normalized spacial score (nSPS) is 20.6. The van der Waals surface area contributed by atoms with Crippen LogP contribution in [0.15, 0.2) is 72.9 Å². The Morgan fingerprint density at radius 3 is 2.55 bits per heavy atom. The van der Waals surface area contributed by atoms with Crippen LogP contribution in [0.1, 0.15) is 29.3 Å². The molecular weight excluding hydrogens is 376 g/mol. The molecule has 0 bridgehead atoms. The average molecular weight is 399 g/mol. The molecule has 2 aromatic carbocycles. The van der Waals surface area contributed by atoms with Gasteiger partial charge < -0.3 is 4.90 Å². The number of aromatic nitrogens is 1. The number of aryl methyl sites for hydroxylation is 1. The number of rotatable bonds is 3. The maximum absolute atomic E-state index is 13.8. The van der Waals surface area contributed by atoms with Crippen LogP contribution in [0.3, 0.4) is 0 Å². The summed E-state index contributed by atoms with van der Waals surface area (Å²) in [5.41, 5.74) is 6.03. The fraction of sp³-hybridized carbons (Fsp3) is 0.200. The first-order valence-corrected chi connectivity index (χ1v) is 10.8. The summed E-state index contributed by atoms with van der Waals surface area (Å²) in [4.78, 5) is 21.5. The molecule has 0 spiro atoms. The van der Waals surface area contributed by atoms with E-state index in [9.17, 15) is 4.79 Å². The van der Waals surface area contributed by atoms with E-state index in [0.717, 1.165) is 38.7 Å². The SMILES string of the molecule is Cc1ccc(CN2C(=O)C3(C)CSC(c4ccccn4)=C3c3ccccc32)cc1. The van der Waals surface area contributed by atoms with Crippen LogP contribution in [-0.4, -0.2) is 16.6 Å². The van der Waals surface area contributed by atoms with Crippen LogP contribution in [0, 0.1) is 12.3 Å². The lowest BCUT2D eigenvalue weighted by Crippen LogP contribution is -2.47. The fourth-order valence-corrected chi connectivity index (χ4v) is 5.71. The third kappa shape index (κ3) is 2.90. The second-order valence-corrected chi connectivity index (χ2v) is 8.92. The van der Waals surface area contributed by atoms with Crippen LogP contribution < -0.4 is 4.90 Å². The van der Waals surface area contributed by atoms with Crippen molar-refractivity contribution < 1.29 is 4.79 Å². The van der Waals surface area contributed by atoms with Gasteiger partial charge in [-0.15, -0.1) is 11.8 Å². The molecule has 5 rings (SSSR count). The van der Waals surface area contributed by atoms with E-state index in [1.54, 1.807) is 11.8 Å². The molecule has 0 fully saturated rings. The molecule has 2 aliphatic heterocycles. The molecule has 1 unspecified atom stereocenters. The second-order valence-electron chi connectivity index (χ2n) is 7.93. The van der Waals surface area contributed by atoms with Crippen molar-refractivity contribution in [2.45, 2.75) is 20.4 Å². The molecule has 0 N–H and O–H groups in total. The fourth-order valence-electron chi connectivity index (χ4n) is 4.26. The number of fused-ring (bicyclic) bond motifs is 3. The number of hydrogen-bond donors (Lipinski definition) is 0. The summed E-state index contributed by atoms with van der Waals surface area (Å²) in [5, 5.41) is 0. The van der Waals surface area contributed by atoms with Crippen molar-refractivity contribution in [1.82, 2.24) is 4.98 Å². The Bertz CT molecular complexity index is 1120. The molecule has 3 aromatic rings.